The van der Waals surface area contributed by atoms with Gasteiger partial charge >= 0.3 is 6.09 Å². The van der Waals surface area contributed by atoms with E-state index in [0.29, 0.717) is 13.0 Å². The minimum absolute atomic E-state index is 0.133. The van der Waals surface area contributed by atoms with Gasteiger partial charge in [-0.15, -0.1) is 0 Å². The number of halogens is 1. The molecule has 0 aliphatic carbocycles. The standard InChI is InChI=1S/C22H29BrN2O3/c1-15-11-12-25(19(15)13-16(2)23)20(26)18(14-17-9-7-6-8-10-17)24-21(27)28-22(3,4)5/h6-10,13,18H,11-12,14H2,1-5H3,(H,24,27). The van der Waals surface area contributed by atoms with Gasteiger partial charge in [0.15, 0.2) is 0 Å². The first-order chi connectivity index (χ1) is 13.1. The first kappa shape index (κ1) is 22.2. The van der Waals surface area contributed by atoms with Gasteiger partial charge < -0.3 is 15.0 Å². The lowest BCUT2D eigenvalue weighted by Crippen LogP contribution is -2.50. The number of amides is 2. The third-order valence-corrected chi connectivity index (χ3v) is 4.54. The number of alkyl carbamates (subject to hydrolysis) is 1. The maximum absolute atomic E-state index is 13.4. The third kappa shape index (κ3) is 6.51. The lowest BCUT2D eigenvalue weighted by molar-refractivity contribution is -0.130. The van der Waals surface area contributed by atoms with Crippen molar-refractivity contribution in [2.75, 3.05) is 6.54 Å². The molecule has 0 radical (unpaired) electrons. The van der Waals surface area contributed by atoms with Gasteiger partial charge in [-0.2, -0.15) is 0 Å². The van der Waals surface area contributed by atoms with Crippen molar-refractivity contribution in [2.24, 2.45) is 0 Å². The Morgan fingerprint density at radius 3 is 2.50 bits per heavy atom. The summed E-state index contributed by atoms with van der Waals surface area (Å²) in [5.74, 6) is -0.133. The normalized spacial score (nSPS) is 16.2. The van der Waals surface area contributed by atoms with Crippen LogP contribution >= 0.6 is 15.9 Å². The molecule has 28 heavy (non-hydrogen) atoms. The highest BCUT2D eigenvalue weighted by molar-refractivity contribution is 9.11. The predicted octanol–water partition coefficient (Wildman–Crippen LogP) is 4.93. The molecule has 1 aliphatic rings. The molecule has 1 heterocycles. The molecule has 1 aromatic carbocycles. The van der Waals surface area contributed by atoms with E-state index in [1.807, 2.05) is 50.3 Å². The van der Waals surface area contributed by atoms with E-state index in [2.05, 4.69) is 21.2 Å². The number of allylic oxidation sites excluding steroid dienone is 2. The van der Waals surface area contributed by atoms with E-state index in [9.17, 15) is 9.59 Å². The highest BCUT2D eigenvalue weighted by Crippen LogP contribution is 2.27. The van der Waals surface area contributed by atoms with Crippen LogP contribution in [0.25, 0.3) is 0 Å². The molecule has 152 valence electrons. The Hall–Kier alpha value is -2.08. The van der Waals surface area contributed by atoms with Crippen LogP contribution in [0, 0.1) is 0 Å². The summed E-state index contributed by atoms with van der Waals surface area (Å²) in [6, 6.07) is 8.97. The number of nitrogens with zero attached hydrogens (tertiary/aromatic N) is 1. The summed E-state index contributed by atoms with van der Waals surface area (Å²) in [5.41, 5.74) is 2.40. The highest BCUT2D eigenvalue weighted by atomic mass is 79.9. The van der Waals surface area contributed by atoms with Crippen molar-refractivity contribution in [1.29, 1.82) is 0 Å². The van der Waals surface area contributed by atoms with Crippen molar-refractivity contribution >= 4 is 27.9 Å². The second-order valence-electron chi connectivity index (χ2n) is 8.03. The Balaban J connectivity index is 2.26. The topological polar surface area (TPSA) is 58.6 Å². The molecule has 0 fully saturated rings. The Bertz CT molecular complexity index is 775. The van der Waals surface area contributed by atoms with E-state index in [-0.39, 0.29) is 5.91 Å². The lowest BCUT2D eigenvalue weighted by Gasteiger charge is -2.27. The molecular formula is C22H29BrN2O3. The van der Waals surface area contributed by atoms with Gasteiger partial charge in [0.05, 0.1) is 0 Å². The highest BCUT2D eigenvalue weighted by Gasteiger charge is 2.32. The van der Waals surface area contributed by atoms with Crippen LogP contribution in [0.2, 0.25) is 0 Å². The third-order valence-electron chi connectivity index (χ3n) is 4.31. The zero-order valence-electron chi connectivity index (χ0n) is 17.2. The van der Waals surface area contributed by atoms with Crippen molar-refractivity contribution < 1.29 is 14.3 Å². The minimum atomic E-state index is -0.706. The zero-order valence-corrected chi connectivity index (χ0v) is 18.8. The molecule has 2 amide bonds. The molecule has 1 aromatic rings. The first-order valence-electron chi connectivity index (χ1n) is 9.45. The number of nitrogens with one attached hydrogen (secondary N) is 1. The van der Waals surface area contributed by atoms with Crippen molar-refractivity contribution in [3.05, 3.63) is 57.7 Å². The van der Waals surface area contributed by atoms with Gasteiger partial charge in [-0.3, -0.25) is 4.79 Å². The van der Waals surface area contributed by atoms with Gasteiger partial charge in [0, 0.05) is 18.7 Å². The van der Waals surface area contributed by atoms with Crippen LogP contribution in [-0.2, 0) is 16.0 Å². The summed E-state index contributed by atoms with van der Waals surface area (Å²) in [7, 11) is 0. The Morgan fingerprint density at radius 2 is 1.93 bits per heavy atom. The number of benzene rings is 1. The van der Waals surface area contributed by atoms with Gasteiger partial charge in [0.25, 0.3) is 0 Å². The molecule has 0 saturated heterocycles. The van der Waals surface area contributed by atoms with Crippen molar-refractivity contribution in [1.82, 2.24) is 10.2 Å². The molecule has 2 rings (SSSR count). The van der Waals surface area contributed by atoms with Gasteiger partial charge in [0.1, 0.15) is 11.6 Å². The van der Waals surface area contributed by atoms with Gasteiger partial charge in [0.2, 0.25) is 5.91 Å². The fraction of sp³-hybridized carbons (Fsp3) is 0.455. The maximum Gasteiger partial charge on any atom is 0.408 e. The molecule has 0 saturated carbocycles. The van der Waals surface area contributed by atoms with Gasteiger partial charge in [-0.05, 0) is 62.7 Å². The summed E-state index contributed by atoms with van der Waals surface area (Å²) in [6.07, 6.45) is 2.59. The summed E-state index contributed by atoms with van der Waals surface area (Å²) < 4.78 is 6.32. The number of rotatable bonds is 5. The smallest absolute Gasteiger partial charge is 0.408 e. The Labute approximate surface area is 175 Å². The second kappa shape index (κ2) is 9.41. The molecule has 0 bridgehead atoms. The molecule has 0 aromatic heterocycles. The van der Waals surface area contributed by atoms with E-state index in [1.165, 1.54) is 0 Å². The van der Waals surface area contributed by atoms with Crippen molar-refractivity contribution in [3.63, 3.8) is 0 Å². The molecule has 1 aliphatic heterocycles. The molecule has 0 spiro atoms. The zero-order chi connectivity index (χ0) is 20.9. The average Bonchev–Trinajstić information content (AvgIpc) is 2.93. The number of carbonyl (C=O) groups is 2. The van der Waals surface area contributed by atoms with Crippen LogP contribution in [-0.4, -0.2) is 35.1 Å². The van der Waals surface area contributed by atoms with Crippen LogP contribution < -0.4 is 5.32 Å². The predicted molar refractivity (Wildman–Crippen MR) is 115 cm³/mol. The fourth-order valence-corrected chi connectivity index (χ4v) is 3.28. The fourth-order valence-electron chi connectivity index (χ4n) is 3.06. The van der Waals surface area contributed by atoms with Crippen LogP contribution in [0.15, 0.2) is 52.2 Å². The van der Waals surface area contributed by atoms with E-state index >= 15 is 0 Å². The molecule has 5 nitrogen and oxygen atoms in total. The van der Waals surface area contributed by atoms with E-state index in [4.69, 9.17) is 4.74 Å². The molecule has 1 N–H and O–H groups in total. The largest absolute Gasteiger partial charge is 0.444 e. The van der Waals surface area contributed by atoms with Crippen LogP contribution in [0.1, 0.15) is 46.6 Å². The van der Waals surface area contributed by atoms with Crippen molar-refractivity contribution in [2.45, 2.75) is 59.1 Å². The van der Waals surface area contributed by atoms with Crippen LogP contribution in [0.5, 0.6) is 0 Å². The molecule has 1 atom stereocenters. The van der Waals surface area contributed by atoms with Crippen LogP contribution in [0.3, 0.4) is 0 Å². The molecular weight excluding hydrogens is 420 g/mol. The summed E-state index contributed by atoms with van der Waals surface area (Å²) in [6.45, 7) is 9.97. The Kier molecular flexibility index (Phi) is 7.47. The quantitative estimate of drug-likeness (QED) is 0.694. The lowest BCUT2D eigenvalue weighted by atomic mass is 10.0. The van der Waals surface area contributed by atoms with Crippen LogP contribution in [0.4, 0.5) is 4.79 Å². The van der Waals surface area contributed by atoms with Gasteiger partial charge in [-0.25, -0.2) is 4.79 Å². The summed E-state index contributed by atoms with van der Waals surface area (Å²) >= 11 is 3.45. The van der Waals surface area contributed by atoms with E-state index in [0.717, 1.165) is 27.7 Å². The van der Waals surface area contributed by atoms with E-state index < -0.39 is 17.7 Å². The maximum atomic E-state index is 13.4. The SMILES string of the molecule is CC(Br)=CC1=C(C)CCN1C(=O)C(Cc1ccccc1)NC(=O)OC(C)(C)C. The average molecular weight is 449 g/mol. The summed E-state index contributed by atoms with van der Waals surface area (Å²) in [5, 5.41) is 2.78. The molecule has 1 unspecified atom stereocenters. The summed E-state index contributed by atoms with van der Waals surface area (Å²) in [4.78, 5) is 27.5. The number of ether oxygens (including phenoxy) is 1. The second-order valence-corrected chi connectivity index (χ2v) is 9.28. The number of carbonyl (C=O) groups excluding carboxylic acids is 2. The monoisotopic (exact) mass is 448 g/mol. The molecule has 6 heteroatoms. The van der Waals surface area contributed by atoms with E-state index in [1.54, 1.807) is 25.7 Å². The minimum Gasteiger partial charge on any atom is -0.444 e. The van der Waals surface area contributed by atoms with Gasteiger partial charge in [-0.1, -0.05) is 46.3 Å². The number of hydrogen-bond donors (Lipinski definition) is 1. The first-order valence-corrected chi connectivity index (χ1v) is 10.2. The Morgan fingerprint density at radius 1 is 1.29 bits per heavy atom. The number of hydrogen-bond acceptors (Lipinski definition) is 3. The van der Waals surface area contributed by atoms with Crippen molar-refractivity contribution in [3.8, 4) is 0 Å².